The number of rotatable bonds is 5. The van der Waals surface area contributed by atoms with Crippen LogP contribution in [-0.2, 0) is 17.6 Å². The molecule has 1 amide bonds. The highest BCUT2D eigenvalue weighted by Gasteiger charge is 2.09. The molecule has 0 saturated carbocycles. The fourth-order valence-electron chi connectivity index (χ4n) is 1.81. The maximum atomic E-state index is 11.8. The molecule has 19 heavy (non-hydrogen) atoms. The minimum Gasteiger partial charge on any atom is -0.353 e. The zero-order valence-corrected chi connectivity index (χ0v) is 10.8. The lowest BCUT2D eigenvalue weighted by Gasteiger charge is -2.13. The average Bonchev–Trinajstić information content (AvgIpc) is 2.40. The summed E-state index contributed by atoms with van der Waals surface area (Å²) in [6, 6.07) is 3.74. The molecule has 0 aliphatic carbocycles. The monoisotopic (exact) mass is 256 g/mol. The smallest absolute Gasteiger partial charge is 0.224 e. The third-order valence-corrected chi connectivity index (χ3v) is 2.63. The van der Waals surface area contributed by atoms with Gasteiger partial charge in [-0.2, -0.15) is 0 Å². The molecule has 0 radical (unpaired) electrons. The van der Waals surface area contributed by atoms with Crippen molar-refractivity contribution in [2.45, 2.75) is 25.8 Å². The number of carbonyl (C=O) groups excluding carboxylic acids is 1. The van der Waals surface area contributed by atoms with E-state index in [1.165, 1.54) is 0 Å². The minimum atomic E-state index is -0.00982. The summed E-state index contributed by atoms with van der Waals surface area (Å²) in [5.41, 5.74) is 1.78. The molecule has 98 valence electrons. The van der Waals surface area contributed by atoms with Crippen LogP contribution < -0.4 is 5.32 Å². The molecule has 0 aromatic carbocycles. The highest BCUT2D eigenvalue weighted by molar-refractivity contribution is 5.78. The average molecular weight is 256 g/mol. The Morgan fingerprint density at radius 1 is 1.26 bits per heavy atom. The van der Waals surface area contributed by atoms with Gasteiger partial charge in [0.15, 0.2) is 0 Å². The fraction of sp³-hybridized carbons (Fsp3) is 0.286. The van der Waals surface area contributed by atoms with E-state index in [1.54, 1.807) is 31.0 Å². The van der Waals surface area contributed by atoms with E-state index in [2.05, 4.69) is 20.3 Å². The van der Waals surface area contributed by atoms with E-state index in [0.717, 1.165) is 11.3 Å². The van der Waals surface area contributed by atoms with Gasteiger partial charge in [-0.05, 0) is 18.6 Å². The highest BCUT2D eigenvalue weighted by Crippen LogP contribution is 2.00. The van der Waals surface area contributed by atoms with E-state index in [4.69, 9.17) is 0 Å². The predicted octanol–water partition coefficient (Wildman–Crippen LogP) is 1.16. The molecule has 1 N–H and O–H groups in total. The van der Waals surface area contributed by atoms with Gasteiger partial charge in [-0.1, -0.05) is 6.07 Å². The Labute approximate surface area is 112 Å². The van der Waals surface area contributed by atoms with E-state index in [0.29, 0.717) is 12.8 Å². The summed E-state index contributed by atoms with van der Waals surface area (Å²) >= 11 is 0. The molecule has 2 heterocycles. The van der Waals surface area contributed by atoms with Gasteiger partial charge in [0.25, 0.3) is 0 Å². The normalized spacial score (nSPS) is 11.8. The molecule has 0 spiro atoms. The number of hydrogen-bond donors (Lipinski definition) is 1. The zero-order valence-electron chi connectivity index (χ0n) is 10.8. The van der Waals surface area contributed by atoms with Crippen molar-refractivity contribution in [3.8, 4) is 0 Å². The van der Waals surface area contributed by atoms with Crippen molar-refractivity contribution in [2.75, 3.05) is 0 Å². The second-order valence-electron chi connectivity index (χ2n) is 4.41. The number of pyridine rings is 1. The maximum Gasteiger partial charge on any atom is 0.224 e. The quantitative estimate of drug-likeness (QED) is 0.871. The predicted molar refractivity (Wildman–Crippen MR) is 71.3 cm³/mol. The fourth-order valence-corrected chi connectivity index (χ4v) is 1.81. The molecule has 0 bridgehead atoms. The molecule has 0 aliphatic heterocycles. The molecule has 0 fully saturated rings. The second-order valence-corrected chi connectivity index (χ2v) is 4.41. The van der Waals surface area contributed by atoms with Crippen LogP contribution in [0.4, 0.5) is 0 Å². The first-order valence-corrected chi connectivity index (χ1v) is 6.17. The Bertz CT molecular complexity index is 515. The van der Waals surface area contributed by atoms with E-state index in [-0.39, 0.29) is 11.9 Å². The lowest BCUT2D eigenvalue weighted by molar-refractivity contribution is -0.121. The standard InChI is InChI=1S/C14H16N4O/c1-11(7-13-10-16-5-6-17-13)18-14(19)8-12-3-2-4-15-9-12/h2-6,9-11H,7-8H2,1H3,(H,18,19). The molecule has 2 rings (SSSR count). The van der Waals surface area contributed by atoms with Crippen LogP contribution in [0.5, 0.6) is 0 Å². The number of aromatic nitrogens is 3. The SMILES string of the molecule is CC(Cc1cnccn1)NC(=O)Cc1cccnc1. The number of hydrogen-bond acceptors (Lipinski definition) is 4. The van der Waals surface area contributed by atoms with Crippen LogP contribution >= 0.6 is 0 Å². The molecule has 2 aromatic heterocycles. The van der Waals surface area contributed by atoms with Gasteiger partial charge >= 0.3 is 0 Å². The molecule has 0 aliphatic rings. The van der Waals surface area contributed by atoms with Gasteiger partial charge in [0.2, 0.25) is 5.91 Å². The molecular weight excluding hydrogens is 240 g/mol. The summed E-state index contributed by atoms with van der Waals surface area (Å²) in [5, 5.41) is 2.94. The first-order chi connectivity index (χ1) is 9.24. The topological polar surface area (TPSA) is 67.8 Å². The molecule has 2 aromatic rings. The van der Waals surface area contributed by atoms with Crippen molar-refractivity contribution in [2.24, 2.45) is 0 Å². The van der Waals surface area contributed by atoms with Crippen LogP contribution in [0.3, 0.4) is 0 Å². The molecule has 0 saturated heterocycles. The Morgan fingerprint density at radius 3 is 2.79 bits per heavy atom. The van der Waals surface area contributed by atoms with Gasteiger partial charge in [0, 0.05) is 43.4 Å². The van der Waals surface area contributed by atoms with E-state index in [9.17, 15) is 4.79 Å². The van der Waals surface area contributed by atoms with Crippen molar-refractivity contribution in [1.82, 2.24) is 20.3 Å². The number of nitrogens with one attached hydrogen (secondary N) is 1. The lowest BCUT2D eigenvalue weighted by atomic mass is 10.1. The van der Waals surface area contributed by atoms with Crippen molar-refractivity contribution in [3.63, 3.8) is 0 Å². The summed E-state index contributed by atoms with van der Waals surface area (Å²) in [6.45, 7) is 1.95. The third-order valence-electron chi connectivity index (χ3n) is 2.63. The van der Waals surface area contributed by atoms with Gasteiger partial charge in [-0.3, -0.25) is 19.7 Å². The molecule has 5 heteroatoms. The van der Waals surface area contributed by atoms with E-state index >= 15 is 0 Å². The van der Waals surface area contributed by atoms with E-state index < -0.39 is 0 Å². The largest absolute Gasteiger partial charge is 0.353 e. The maximum absolute atomic E-state index is 11.8. The Balaban J connectivity index is 1.82. The van der Waals surface area contributed by atoms with E-state index in [1.807, 2.05) is 19.1 Å². The zero-order chi connectivity index (χ0) is 13.5. The Kier molecular flexibility index (Phi) is 4.55. The summed E-state index contributed by atoms with van der Waals surface area (Å²) < 4.78 is 0. The molecule has 1 unspecified atom stereocenters. The van der Waals surface area contributed by atoms with Crippen molar-refractivity contribution >= 4 is 5.91 Å². The van der Waals surface area contributed by atoms with Crippen LogP contribution in [0, 0.1) is 0 Å². The molecule has 1 atom stereocenters. The molecule has 5 nitrogen and oxygen atoms in total. The second kappa shape index (κ2) is 6.58. The van der Waals surface area contributed by atoms with Gasteiger partial charge in [0.1, 0.15) is 0 Å². The van der Waals surface area contributed by atoms with Crippen LogP contribution in [0.1, 0.15) is 18.2 Å². The summed E-state index contributed by atoms with van der Waals surface area (Å²) in [5.74, 6) is -0.00982. The van der Waals surface area contributed by atoms with Gasteiger partial charge in [-0.15, -0.1) is 0 Å². The first kappa shape index (κ1) is 13.1. The first-order valence-electron chi connectivity index (χ1n) is 6.17. The lowest BCUT2D eigenvalue weighted by Crippen LogP contribution is -2.35. The van der Waals surface area contributed by atoms with Gasteiger partial charge < -0.3 is 5.32 Å². The third kappa shape index (κ3) is 4.46. The van der Waals surface area contributed by atoms with Crippen molar-refractivity contribution in [1.29, 1.82) is 0 Å². The Morgan fingerprint density at radius 2 is 2.11 bits per heavy atom. The van der Waals surface area contributed by atoms with Crippen molar-refractivity contribution < 1.29 is 4.79 Å². The number of amides is 1. The summed E-state index contributed by atoms with van der Waals surface area (Å²) in [7, 11) is 0. The minimum absolute atomic E-state index is 0.00982. The van der Waals surface area contributed by atoms with Crippen LogP contribution in [0.15, 0.2) is 43.1 Å². The number of carbonyl (C=O) groups is 1. The molecular formula is C14H16N4O. The summed E-state index contributed by atoms with van der Waals surface area (Å²) in [6.07, 6.45) is 9.41. The number of nitrogens with zero attached hydrogens (tertiary/aromatic N) is 3. The van der Waals surface area contributed by atoms with Crippen LogP contribution in [0.25, 0.3) is 0 Å². The Hall–Kier alpha value is -2.30. The van der Waals surface area contributed by atoms with Crippen LogP contribution in [0.2, 0.25) is 0 Å². The van der Waals surface area contributed by atoms with Gasteiger partial charge in [-0.25, -0.2) is 0 Å². The van der Waals surface area contributed by atoms with Gasteiger partial charge in [0.05, 0.1) is 12.1 Å². The van der Waals surface area contributed by atoms with Crippen LogP contribution in [-0.4, -0.2) is 26.9 Å². The highest BCUT2D eigenvalue weighted by atomic mass is 16.1. The van der Waals surface area contributed by atoms with Crippen molar-refractivity contribution in [3.05, 3.63) is 54.4 Å². The summed E-state index contributed by atoms with van der Waals surface area (Å²) in [4.78, 5) is 24.0.